The molecule has 0 bridgehead atoms. The van der Waals surface area contributed by atoms with Gasteiger partial charge in [-0.25, -0.2) is 4.79 Å². The van der Waals surface area contributed by atoms with Gasteiger partial charge >= 0.3 is 5.97 Å². The van der Waals surface area contributed by atoms with Crippen LogP contribution in [-0.4, -0.2) is 24.2 Å². The molecule has 4 nitrogen and oxygen atoms in total. The molecule has 1 aromatic heterocycles. The van der Waals surface area contributed by atoms with Crippen LogP contribution in [0.25, 0.3) is 0 Å². The average molecular weight is 524 g/mol. The molecule has 0 saturated heterocycles. The number of methoxy groups -OCH3 is 1. The van der Waals surface area contributed by atoms with E-state index in [9.17, 15) is 4.79 Å². The van der Waals surface area contributed by atoms with Gasteiger partial charge in [0.05, 0.1) is 12.8 Å². The summed E-state index contributed by atoms with van der Waals surface area (Å²) in [5, 5.41) is 0. The molecule has 1 heterocycles. The van der Waals surface area contributed by atoms with E-state index in [1.807, 2.05) is 6.92 Å². The van der Waals surface area contributed by atoms with Crippen molar-refractivity contribution in [2.45, 2.75) is 118 Å². The van der Waals surface area contributed by atoms with E-state index in [2.05, 4.69) is 45.7 Å². The second kappa shape index (κ2) is 10.7. The Bertz CT molecular complexity index is 1040. The number of allylic oxidation sites excluding steroid dienone is 1. The maximum atomic E-state index is 12.9. The van der Waals surface area contributed by atoms with Crippen molar-refractivity contribution in [2.75, 3.05) is 7.11 Å². The Morgan fingerprint density at radius 2 is 1.87 bits per heavy atom. The van der Waals surface area contributed by atoms with Gasteiger partial charge in [-0.1, -0.05) is 65.5 Å². The predicted molar refractivity (Wildman–Crippen MR) is 154 cm³/mol. The van der Waals surface area contributed by atoms with E-state index in [4.69, 9.17) is 9.47 Å². The van der Waals surface area contributed by atoms with Gasteiger partial charge < -0.3 is 14.5 Å². The van der Waals surface area contributed by atoms with Crippen molar-refractivity contribution in [1.82, 2.24) is 4.98 Å². The van der Waals surface area contributed by atoms with E-state index in [0.29, 0.717) is 16.9 Å². The van der Waals surface area contributed by atoms with E-state index < -0.39 is 0 Å². The number of hydrogen-bond acceptors (Lipinski definition) is 3. The van der Waals surface area contributed by atoms with Crippen molar-refractivity contribution < 1.29 is 14.3 Å². The van der Waals surface area contributed by atoms with E-state index in [1.54, 1.807) is 18.7 Å². The molecule has 5 rings (SSSR count). The number of rotatable bonds is 8. The molecule has 0 aliphatic heterocycles. The summed E-state index contributed by atoms with van der Waals surface area (Å²) in [5.41, 5.74) is 3.73. The fourth-order valence-corrected chi connectivity index (χ4v) is 9.83. The average Bonchev–Trinajstić information content (AvgIpc) is 3.43. The van der Waals surface area contributed by atoms with Crippen LogP contribution < -0.4 is 4.74 Å². The molecule has 0 radical (unpaired) electrons. The number of esters is 1. The van der Waals surface area contributed by atoms with Gasteiger partial charge in [-0.05, 0) is 98.2 Å². The SMILES string of the molecule is COc1cc(C(=O)OC2CCC3(C)C(=CCC4C3CCC3(C)C(C(C)CCCC(C)C)CCC43)C2)[nH]c1C. The Labute approximate surface area is 231 Å². The molecule has 1 aromatic rings. The van der Waals surface area contributed by atoms with Gasteiger partial charge in [-0.2, -0.15) is 0 Å². The summed E-state index contributed by atoms with van der Waals surface area (Å²) in [6.45, 7) is 14.4. The first-order valence-corrected chi connectivity index (χ1v) is 15.7. The van der Waals surface area contributed by atoms with Crippen molar-refractivity contribution in [3.05, 3.63) is 29.1 Å². The van der Waals surface area contributed by atoms with Crippen LogP contribution in [0.15, 0.2) is 17.7 Å². The summed E-state index contributed by atoms with van der Waals surface area (Å²) < 4.78 is 11.4. The number of aromatic nitrogens is 1. The maximum Gasteiger partial charge on any atom is 0.355 e. The highest BCUT2D eigenvalue weighted by Gasteiger charge is 2.59. The van der Waals surface area contributed by atoms with E-state index in [0.717, 1.165) is 60.5 Å². The highest BCUT2D eigenvalue weighted by Crippen LogP contribution is 2.67. The van der Waals surface area contributed by atoms with Crippen LogP contribution in [-0.2, 0) is 4.74 Å². The molecule has 38 heavy (non-hydrogen) atoms. The lowest BCUT2D eigenvalue weighted by atomic mass is 9.47. The minimum absolute atomic E-state index is 0.0237. The lowest BCUT2D eigenvalue weighted by Gasteiger charge is -2.58. The monoisotopic (exact) mass is 523 g/mol. The number of carbonyl (C=O) groups is 1. The molecule has 4 heteroatoms. The van der Waals surface area contributed by atoms with Crippen molar-refractivity contribution in [3.63, 3.8) is 0 Å². The second-order valence-electron chi connectivity index (χ2n) is 14.4. The lowest BCUT2D eigenvalue weighted by molar-refractivity contribution is -0.0595. The number of aromatic amines is 1. The first-order chi connectivity index (χ1) is 18.1. The fourth-order valence-electron chi connectivity index (χ4n) is 9.83. The minimum atomic E-state index is -0.257. The largest absolute Gasteiger partial charge is 0.495 e. The summed E-state index contributed by atoms with van der Waals surface area (Å²) in [7, 11) is 1.63. The third-order valence-corrected chi connectivity index (χ3v) is 11.9. The third kappa shape index (κ3) is 4.87. The number of aryl methyl sites for hydroxylation is 1. The Morgan fingerprint density at radius 1 is 1.08 bits per heavy atom. The zero-order chi connectivity index (χ0) is 27.2. The van der Waals surface area contributed by atoms with Crippen molar-refractivity contribution in [1.29, 1.82) is 0 Å². The summed E-state index contributed by atoms with van der Waals surface area (Å²) in [6, 6.07) is 1.76. The molecule has 3 saturated carbocycles. The number of hydrogen-bond donors (Lipinski definition) is 1. The Hall–Kier alpha value is -1.71. The minimum Gasteiger partial charge on any atom is -0.495 e. The molecular weight excluding hydrogens is 470 g/mol. The molecule has 4 aliphatic carbocycles. The molecule has 3 fully saturated rings. The number of carbonyl (C=O) groups excluding carboxylic acids is 1. The highest BCUT2D eigenvalue weighted by atomic mass is 16.5. The van der Waals surface area contributed by atoms with Crippen LogP contribution in [0.3, 0.4) is 0 Å². The smallest absolute Gasteiger partial charge is 0.355 e. The van der Waals surface area contributed by atoms with Crippen LogP contribution in [0.2, 0.25) is 0 Å². The topological polar surface area (TPSA) is 51.3 Å². The second-order valence-corrected chi connectivity index (χ2v) is 14.4. The van der Waals surface area contributed by atoms with Crippen LogP contribution in [0.1, 0.15) is 121 Å². The molecule has 0 amide bonds. The zero-order valence-corrected chi connectivity index (χ0v) is 25.2. The van der Waals surface area contributed by atoms with Crippen LogP contribution in [0.4, 0.5) is 0 Å². The number of nitrogens with one attached hydrogen (secondary N) is 1. The fraction of sp³-hybridized carbons (Fsp3) is 0.794. The van der Waals surface area contributed by atoms with Gasteiger partial charge in [-0.3, -0.25) is 0 Å². The van der Waals surface area contributed by atoms with Gasteiger partial charge in [0.15, 0.2) is 0 Å². The zero-order valence-electron chi connectivity index (χ0n) is 25.2. The van der Waals surface area contributed by atoms with Crippen molar-refractivity contribution in [2.24, 2.45) is 46.3 Å². The highest BCUT2D eigenvalue weighted by molar-refractivity contribution is 5.88. The lowest BCUT2D eigenvalue weighted by Crippen LogP contribution is -2.51. The molecule has 0 spiro atoms. The Morgan fingerprint density at radius 3 is 2.58 bits per heavy atom. The molecule has 212 valence electrons. The molecule has 0 aromatic carbocycles. The molecular formula is C34H53NO3. The summed E-state index contributed by atoms with van der Waals surface area (Å²) in [6.07, 6.45) is 16.7. The van der Waals surface area contributed by atoms with E-state index >= 15 is 0 Å². The van der Waals surface area contributed by atoms with Gasteiger partial charge in [0.25, 0.3) is 0 Å². The van der Waals surface area contributed by atoms with Crippen molar-refractivity contribution in [3.8, 4) is 5.75 Å². The van der Waals surface area contributed by atoms with Crippen molar-refractivity contribution >= 4 is 5.97 Å². The first-order valence-electron chi connectivity index (χ1n) is 15.7. The van der Waals surface area contributed by atoms with Gasteiger partial charge in [0.2, 0.25) is 0 Å². The summed E-state index contributed by atoms with van der Waals surface area (Å²) in [4.78, 5) is 16.0. The maximum absolute atomic E-state index is 12.9. The predicted octanol–water partition coefficient (Wildman–Crippen LogP) is 8.90. The Balaban J connectivity index is 1.25. The van der Waals surface area contributed by atoms with Gasteiger partial charge in [0.1, 0.15) is 17.5 Å². The quantitative estimate of drug-likeness (QED) is 0.273. The Kier molecular flexibility index (Phi) is 7.84. The van der Waals surface area contributed by atoms with E-state index in [1.165, 1.54) is 51.4 Å². The van der Waals surface area contributed by atoms with Crippen LogP contribution >= 0.6 is 0 Å². The number of ether oxygens (including phenoxy) is 2. The third-order valence-electron chi connectivity index (χ3n) is 11.9. The molecule has 1 N–H and O–H groups in total. The standard InChI is InChI=1S/C34H53NO3/c1-21(2)9-8-10-22(3)27-13-14-28-26-12-11-24-19-25(38-32(36)30-20-31(37-7)23(4)35-30)15-17-33(24,5)29(26)16-18-34(27,28)6/h11,20-22,25-29,35H,8-10,12-19H2,1-7H3. The van der Waals surface area contributed by atoms with Gasteiger partial charge in [-0.15, -0.1) is 0 Å². The molecule has 4 aliphatic rings. The summed E-state index contributed by atoms with van der Waals surface area (Å²) in [5.74, 6) is 5.56. The molecule has 8 atom stereocenters. The molecule has 8 unspecified atom stereocenters. The normalized spacial score (nSPS) is 37.2. The summed E-state index contributed by atoms with van der Waals surface area (Å²) >= 11 is 0. The first kappa shape index (κ1) is 27.8. The van der Waals surface area contributed by atoms with Gasteiger partial charge in [0, 0.05) is 12.5 Å². The van der Waals surface area contributed by atoms with Crippen LogP contribution in [0.5, 0.6) is 5.75 Å². The van der Waals surface area contributed by atoms with Crippen LogP contribution in [0, 0.1) is 53.3 Å². The number of fused-ring (bicyclic) bond motifs is 5. The van der Waals surface area contributed by atoms with E-state index in [-0.39, 0.29) is 17.5 Å². The number of H-pyrrole nitrogens is 1.